The molecule has 0 unspecified atom stereocenters. The predicted octanol–water partition coefficient (Wildman–Crippen LogP) is 3.46. The Morgan fingerprint density at radius 1 is 0.900 bits per heavy atom. The van der Waals surface area contributed by atoms with Crippen molar-refractivity contribution < 1.29 is 23.2 Å². The number of rotatable bonds is 14. The molecule has 1 N–H and O–H groups in total. The maximum absolute atomic E-state index is 10.6. The monoisotopic (exact) mass is 306 g/mol. The first-order valence-electron chi connectivity index (χ1n) is 7.73. The molecule has 0 aromatic heterocycles. The maximum Gasteiger partial charge on any atom is 0.500 e. The molecule has 120 valence electrons. The molecule has 0 atom stereocenters. The number of carbonyl (C=O) groups is 1. The van der Waals surface area contributed by atoms with Gasteiger partial charge in [-0.25, -0.2) is 0 Å². The molecule has 0 radical (unpaired) electrons. The van der Waals surface area contributed by atoms with Crippen molar-refractivity contribution in [3.8, 4) is 0 Å². The highest BCUT2D eigenvalue weighted by Gasteiger charge is 2.40. The van der Waals surface area contributed by atoms with Crippen molar-refractivity contribution in [3.05, 3.63) is 0 Å². The summed E-state index contributed by atoms with van der Waals surface area (Å²) in [6.07, 6.45) is 4.39. The van der Waals surface area contributed by atoms with Gasteiger partial charge in [0.2, 0.25) is 0 Å². The largest absolute Gasteiger partial charge is 0.500 e. The smallest absolute Gasteiger partial charge is 0.481 e. The number of carboxylic acid groups (broad SMARTS) is 1. The van der Waals surface area contributed by atoms with Crippen LogP contribution in [-0.4, -0.2) is 39.7 Å². The Balaban J connectivity index is 4.44. The zero-order chi connectivity index (χ0) is 15.3. The van der Waals surface area contributed by atoms with E-state index in [0.29, 0.717) is 32.3 Å². The Labute approximate surface area is 124 Å². The second-order valence-corrected chi connectivity index (χ2v) is 7.56. The fourth-order valence-electron chi connectivity index (χ4n) is 1.73. The molecule has 0 spiro atoms. The summed E-state index contributed by atoms with van der Waals surface area (Å²) in [6.45, 7) is 8.09. The van der Waals surface area contributed by atoms with Gasteiger partial charge in [0.25, 0.3) is 0 Å². The molecule has 0 amide bonds. The average Bonchev–Trinajstić information content (AvgIpc) is 2.44. The number of unbranched alkanes of at least 4 members (excludes halogenated alkanes) is 1. The van der Waals surface area contributed by atoms with Crippen molar-refractivity contribution in [2.45, 2.75) is 65.3 Å². The lowest BCUT2D eigenvalue weighted by atomic mass is 10.2. The van der Waals surface area contributed by atoms with Crippen molar-refractivity contribution in [1.29, 1.82) is 0 Å². The van der Waals surface area contributed by atoms with Crippen LogP contribution in [0.15, 0.2) is 0 Å². The lowest BCUT2D eigenvalue weighted by Gasteiger charge is -2.29. The van der Waals surface area contributed by atoms with E-state index in [1.807, 2.05) is 0 Å². The van der Waals surface area contributed by atoms with E-state index < -0.39 is 14.8 Å². The average molecular weight is 306 g/mol. The van der Waals surface area contributed by atoms with E-state index in [1.54, 1.807) is 0 Å². The molecule has 0 aromatic carbocycles. The van der Waals surface area contributed by atoms with Gasteiger partial charge in [-0.3, -0.25) is 4.79 Å². The van der Waals surface area contributed by atoms with Gasteiger partial charge in [-0.1, -0.05) is 20.8 Å². The molecule has 0 bridgehead atoms. The summed E-state index contributed by atoms with van der Waals surface area (Å²) >= 11 is 0. The van der Waals surface area contributed by atoms with Crippen LogP contribution in [0.1, 0.15) is 59.3 Å². The summed E-state index contributed by atoms with van der Waals surface area (Å²) in [5.74, 6) is -0.754. The number of aliphatic carboxylic acids is 1. The van der Waals surface area contributed by atoms with Crippen molar-refractivity contribution in [1.82, 2.24) is 0 Å². The summed E-state index contributed by atoms with van der Waals surface area (Å²) in [4.78, 5) is 10.6. The summed E-state index contributed by atoms with van der Waals surface area (Å²) in [7, 11) is -2.62. The highest BCUT2D eigenvalue weighted by atomic mass is 28.4. The van der Waals surface area contributed by atoms with E-state index >= 15 is 0 Å². The van der Waals surface area contributed by atoms with Gasteiger partial charge in [0.15, 0.2) is 0 Å². The van der Waals surface area contributed by atoms with E-state index in [0.717, 1.165) is 25.7 Å². The molecule has 6 heteroatoms. The molecule has 5 nitrogen and oxygen atoms in total. The van der Waals surface area contributed by atoms with Crippen molar-refractivity contribution in [2.75, 3.05) is 19.8 Å². The molecule has 0 aliphatic heterocycles. The third-order valence-electron chi connectivity index (χ3n) is 2.70. The second kappa shape index (κ2) is 12.3. The fraction of sp³-hybridized carbons (Fsp3) is 0.929. The van der Waals surface area contributed by atoms with Crippen LogP contribution >= 0.6 is 0 Å². The SMILES string of the molecule is CCCO[Si](CCCCC(=O)O)(OCCC)OCCC. The quantitative estimate of drug-likeness (QED) is 0.393. The summed E-state index contributed by atoms with van der Waals surface area (Å²) in [5, 5.41) is 8.68. The Morgan fingerprint density at radius 2 is 1.35 bits per heavy atom. The van der Waals surface area contributed by atoms with Gasteiger partial charge in [-0.2, -0.15) is 0 Å². The Hall–Kier alpha value is -0.433. The maximum atomic E-state index is 10.6. The van der Waals surface area contributed by atoms with Gasteiger partial charge in [0.05, 0.1) is 0 Å². The molecular formula is C14H30O5Si. The van der Waals surface area contributed by atoms with Gasteiger partial charge >= 0.3 is 14.8 Å². The minimum atomic E-state index is -2.62. The number of hydrogen-bond acceptors (Lipinski definition) is 4. The third kappa shape index (κ3) is 9.47. The van der Waals surface area contributed by atoms with Gasteiger partial charge in [0.1, 0.15) is 0 Å². The van der Waals surface area contributed by atoms with E-state index in [9.17, 15) is 4.79 Å². The lowest BCUT2D eigenvalue weighted by molar-refractivity contribution is -0.137. The molecule has 0 fully saturated rings. The Kier molecular flexibility index (Phi) is 12.1. The second-order valence-electron chi connectivity index (χ2n) is 4.83. The Morgan fingerprint density at radius 3 is 1.70 bits per heavy atom. The number of carboxylic acids is 1. The van der Waals surface area contributed by atoms with E-state index in [4.69, 9.17) is 18.4 Å². The molecule has 20 heavy (non-hydrogen) atoms. The molecule has 0 aliphatic carbocycles. The minimum absolute atomic E-state index is 0.194. The first kappa shape index (κ1) is 19.6. The van der Waals surface area contributed by atoms with Crippen LogP contribution in [0.4, 0.5) is 0 Å². The lowest BCUT2D eigenvalue weighted by Crippen LogP contribution is -2.46. The van der Waals surface area contributed by atoms with Gasteiger partial charge < -0.3 is 18.4 Å². The first-order valence-corrected chi connectivity index (χ1v) is 9.67. The van der Waals surface area contributed by atoms with Crippen molar-refractivity contribution >= 4 is 14.8 Å². The highest BCUT2D eigenvalue weighted by molar-refractivity contribution is 6.60. The van der Waals surface area contributed by atoms with E-state index in [-0.39, 0.29) is 6.42 Å². The predicted molar refractivity (Wildman–Crippen MR) is 80.8 cm³/mol. The fourth-order valence-corrected chi connectivity index (χ4v) is 4.64. The zero-order valence-corrected chi connectivity index (χ0v) is 14.2. The van der Waals surface area contributed by atoms with Gasteiger partial charge in [-0.05, 0) is 32.1 Å². The normalized spacial score (nSPS) is 11.8. The molecule has 0 rings (SSSR count). The Bertz CT molecular complexity index is 226. The van der Waals surface area contributed by atoms with Crippen LogP contribution in [0, 0.1) is 0 Å². The highest BCUT2D eigenvalue weighted by Crippen LogP contribution is 2.21. The molecular weight excluding hydrogens is 276 g/mol. The molecule has 0 aromatic rings. The standard InChI is InChI=1S/C14H30O5Si/c1-4-10-17-20(18-11-5-2,19-12-6-3)13-8-7-9-14(15)16/h4-13H2,1-3H3,(H,15,16). The van der Waals surface area contributed by atoms with Crippen LogP contribution in [-0.2, 0) is 18.1 Å². The minimum Gasteiger partial charge on any atom is -0.481 e. The number of hydrogen-bond donors (Lipinski definition) is 1. The van der Waals surface area contributed by atoms with E-state index in [1.165, 1.54) is 0 Å². The summed E-state index contributed by atoms with van der Waals surface area (Å²) < 4.78 is 17.8. The van der Waals surface area contributed by atoms with Crippen LogP contribution in [0.3, 0.4) is 0 Å². The van der Waals surface area contributed by atoms with E-state index in [2.05, 4.69) is 20.8 Å². The van der Waals surface area contributed by atoms with Crippen LogP contribution in [0.25, 0.3) is 0 Å². The van der Waals surface area contributed by atoms with Gasteiger partial charge in [-0.15, -0.1) is 0 Å². The zero-order valence-electron chi connectivity index (χ0n) is 13.2. The topological polar surface area (TPSA) is 65.0 Å². The molecule has 0 saturated heterocycles. The van der Waals surface area contributed by atoms with Crippen molar-refractivity contribution in [2.24, 2.45) is 0 Å². The molecule has 0 saturated carbocycles. The third-order valence-corrected chi connectivity index (χ3v) is 5.60. The molecule has 0 aliphatic rings. The van der Waals surface area contributed by atoms with Crippen LogP contribution < -0.4 is 0 Å². The molecule has 0 heterocycles. The summed E-state index contributed by atoms with van der Waals surface area (Å²) in [5.41, 5.74) is 0. The first-order chi connectivity index (χ1) is 9.60. The van der Waals surface area contributed by atoms with Crippen LogP contribution in [0.5, 0.6) is 0 Å². The van der Waals surface area contributed by atoms with Gasteiger partial charge in [0, 0.05) is 32.3 Å². The van der Waals surface area contributed by atoms with Crippen molar-refractivity contribution in [3.63, 3.8) is 0 Å². The summed E-state index contributed by atoms with van der Waals surface area (Å²) in [6, 6.07) is 0.709. The van der Waals surface area contributed by atoms with Crippen LogP contribution in [0.2, 0.25) is 6.04 Å².